The van der Waals surface area contributed by atoms with E-state index in [2.05, 4.69) is 10.2 Å². The van der Waals surface area contributed by atoms with Crippen LogP contribution >= 0.6 is 23.4 Å². The molecule has 0 aliphatic carbocycles. The molecule has 5 nitrogen and oxygen atoms in total. The van der Waals surface area contributed by atoms with Crippen LogP contribution in [0.5, 0.6) is 0 Å². The summed E-state index contributed by atoms with van der Waals surface area (Å²) in [4.78, 5) is 14.2. The van der Waals surface area contributed by atoms with Crippen LogP contribution in [-0.2, 0) is 17.5 Å². The van der Waals surface area contributed by atoms with E-state index in [1.165, 1.54) is 0 Å². The van der Waals surface area contributed by atoms with E-state index in [0.717, 1.165) is 34.0 Å². The molecule has 0 aliphatic rings. The van der Waals surface area contributed by atoms with Gasteiger partial charge < -0.3 is 4.90 Å². The monoisotopic (exact) mass is 428 g/mol. The topological polar surface area (TPSA) is 50.5 Å². The molecule has 1 aromatic carbocycles. The summed E-state index contributed by atoms with van der Waals surface area (Å²) in [5.74, 6) is -0.124. The Morgan fingerprint density at radius 2 is 1.96 bits per heavy atom. The first-order valence-corrected chi connectivity index (χ1v) is 9.72. The molecule has 0 N–H and O–H groups in total. The number of thioether (sulfide) groups is 1. The number of carbonyl (C=O) groups is 1. The van der Waals surface area contributed by atoms with Crippen molar-refractivity contribution in [1.29, 1.82) is 0 Å². The minimum absolute atomic E-state index is 0.0231. The van der Waals surface area contributed by atoms with Crippen LogP contribution in [0.15, 0.2) is 47.8 Å². The van der Waals surface area contributed by atoms with Crippen molar-refractivity contribution < 1.29 is 18.0 Å². The summed E-state index contributed by atoms with van der Waals surface area (Å²) in [5, 5.41) is 7.71. The summed E-state index contributed by atoms with van der Waals surface area (Å²) >= 11 is 6.92. The molecule has 0 fully saturated rings. The smallest absolute Gasteiger partial charge is 0.338 e. The van der Waals surface area contributed by atoms with Crippen LogP contribution in [0.4, 0.5) is 13.2 Å². The van der Waals surface area contributed by atoms with Gasteiger partial charge in [-0.1, -0.05) is 53.7 Å². The zero-order valence-corrected chi connectivity index (χ0v) is 16.4. The lowest BCUT2D eigenvalue weighted by atomic mass is 10.2. The fraction of sp³-hybridized carbons (Fsp3) is 0.278. The molecule has 0 saturated heterocycles. The van der Waals surface area contributed by atoms with Gasteiger partial charge in [0.25, 0.3) is 0 Å². The van der Waals surface area contributed by atoms with Crippen LogP contribution in [0, 0.1) is 0 Å². The molecule has 0 aliphatic heterocycles. The predicted molar refractivity (Wildman–Crippen MR) is 101 cm³/mol. The number of rotatable bonds is 6. The second kappa shape index (κ2) is 8.40. The number of hydrogen-bond donors (Lipinski definition) is 0. The quantitative estimate of drug-likeness (QED) is 0.541. The number of nitrogens with zero attached hydrogens (tertiary/aromatic N) is 4. The van der Waals surface area contributed by atoms with Gasteiger partial charge in [-0.15, -0.1) is 10.2 Å². The van der Waals surface area contributed by atoms with Crippen LogP contribution in [0.1, 0.15) is 18.1 Å². The number of amides is 1. The number of fused-ring (bicyclic) bond motifs is 1. The Morgan fingerprint density at radius 1 is 1.25 bits per heavy atom. The van der Waals surface area contributed by atoms with Gasteiger partial charge in [-0.25, -0.2) is 0 Å². The van der Waals surface area contributed by atoms with Crippen molar-refractivity contribution in [2.24, 2.45) is 0 Å². The number of hydrogen-bond acceptors (Lipinski definition) is 4. The molecule has 0 unspecified atom stereocenters. The van der Waals surface area contributed by atoms with E-state index in [0.29, 0.717) is 13.1 Å². The maximum atomic E-state index is 13.0. The van der Waals surface area contributed by atoms with E-state index < -0.39 is 11.7 Å². The Balaban J connectivity index is 1.75. The second-order valence-electron chi connectivity index (χ2n) is 5.93. The van der Waals surface area contributed by atoms with Crippen molar-refractivity contribution in [2.75, 3.05) is 12.3 Å². The Labute approximate surface area is 168 Å². The van der Waals surface area contributed by atoms with Crippen molar-refractivity contribution in [1.82, 2.24) is 19.5 Å². The minimum atomic E-state index is -4.55. The first-order valence-electron chi connectivity index (χ1n) is 8.35. The zero-order chi connectivity index (χ0) is 20.3. The van der Waals surface area contributed by atoms with E-state index in [1.54, 1.807) is 4.90 Å². The van der Waals surface area contributed by atoms with E-state index in [1.807, 2.05) is 37.3 Å². The number of carbonyl (C=O) groups excluding carboxylic acids is 1. The predicted octanol–water partition coefficient (Wildman–Crippen LogP) is 4.54. The molecule has 2 heterocycles. The van der Waals surface area contributed by atoms with Gasteiger partial charge in [0.05, 0.1) is 16.3 Å². The maximum absolute atomic E-state index is 13.0. The molecule has 0 spiro atoms. The van der Waals surface area contributed by atoms with E-state index in [-0.39, 0.29) is 27.5 Å². The van der Waals surface area contributed by atoms with E-state index in [9.17, 15) is 18.0 Å². The van der Waals surface area contributed by atoms with Gasteiger partial charge in [0.15, 0.2) is 10.8 Å². The Morgan fingerprint density at radius 3 is 2.61 bits per heavy atom. The first-order chi connectivity index (χ1) is 13.3. The number of benzene rings is 1. The highest BCUT2D eigenvalue weighted by Crippen LogP contribution is 2.33. The lowest BCUT2D eigenvalue weighted by Crippen LogP contribution is -2.31. The number of halogens is 4. The molecule has 10 heteroatoms. The number of pyridine rings is 1. The largest absolute Gasteiger partial charge is 0.417 e. The van der Waals surface area contributed by atoms with Crippen molar-refractivity contribution in [3.8, 4) is 0 Å². The van der Waals surface area contributed by atoms with Gasteiger partial charge in [0.1, 0.15) is 0 Å². The summed E-state index contributed by atoms with van der Waals surface area (Å²) in [6, 6.07) is 10.4. The average molecular weight is 429 g/mol. The van der Waals surface area contributed by atoms with Gasteiger partial charge in [-0.3, -0.25) is 9.20 Å². The molecule has 3 aromatic rings. The number of alkyl halides is 3. The van der Waals surface area contributed by atoms with Crippen molar-refractivity contribution in [3.05, 3.63) is 58.7 Å². The fourth-order valence-electron chi connectivity index (χ4n) is 2.58. The Bertz CT molecular complexity index is 978. The molecule has 3 rings (SSSR count). The normalized spacial score (nSPS) is 11.8. The van der Waals surface area contributed by atoms with Crippen LogP contribution in [0.2, 0.25) is 5.02 Å². The molecule has 0 saturated carbocycles. The third-order valence-corrected chi connectivity index (χ3v) is 5.24. The van der Waals surface area contributed by atoms with Gasteiger partial charge in [-0.05, 0) is 18.6 Å². The second-order valence-corrected chi connectivity index (χ2v) is 7.28. The van der Waals surface area contributed by atoms with Crippen LogP contribution < -0.4 is 0 Å². The van der Waals surface area contributed by atoms with E-state index >= 15 is 0 Å². The standard InChI is InChI=1S/C18H16ClF3N4OS/c1-2-25(9-12-6-4-3-5-7-12)15(27)11-28-17-24-23-16-14(19)8-13(10-26(16)17)18(20,21)22/h3-8,10H,2,9,11H2,1H3. The van der Waals surface area contributed by atoms with Crippen molar-refractivity contribution in [3.63, 3.8) is 0 Å². The van der Waals surface area contributed by atoms with Crippen LogP contribution in [0.25, 0.3) is 5.65 Å². The SMILES string of the molecule is CCN(Cc1ccccc1)C(=O)CSc1nnc2c(Cl)cc(C(F)(F)F)cn12. The summed E-state index contributed by atoms with van der Waals surface area (Å²) in [6.45, 7) is 2.84. The molecule has 0 radical (unpaired) electrons. The summed E-state index contributed by atoms with van der Waals surface area (Å²) < 4.78 is 40.2. The highest BCUT2D eigenvalue weighted by atomic mass is 35.5. The average Bonchev–Trinajstić information content (AvgIpc) is 3.08. The molecule has 148 valence electrons. The van der Waals surface area contributed by atoms with Gasteiger partial charge >= 0.3 is 6.18 Å². The molecule has 0 bridgehead atoms. The third kappa shape index (κ3) is 4.59. The third-order valence-electron chi connectivity index (χ3n) is 4.03. The lowest BCUT2D eigenvalue weighted by Gasteiger charge is -2.20. The lowest BCUT2D eigenvalue weighted by molar-refractivity contribution is -0.138. The zero-order valence-electron chi connectivity index (χ0n) is 14.8. The Hall–Kier alpha value is -2.26. The summed E-state index contributed by atoms with van der Waals surface area (Å²) in [7, 11) is 0. The minimum Gasteiger partial charge on any atom is -0.338 e. The molecule has 28 heavy (non-hydrogen) atoms. The van der Waals surface area contributed by atoms with Crippen molar-refractivity contribution >= 4 is 34.9 Å². The summed E-state index contributed by atoms with van der Waals surface area (Å²) in [5.41, 5.74) is 0.204. The molecule has 1 amide bonds. The van der Waals surface area contributed by atoms with Crippen LogP contribution in [-0.4, -0.2) is 37.7 Å². The Kier molecular flexibility index (Phi) is 6.14. The van der Waals surface area contributed by atoms with Gasteiger partial charge in [-0.2, -0.15) is 13.2 Å². The van der Waals surface area contributed by atoms with Gasteiger partial charge in [0.2, 0.25) is 5.91 Å². The summed E-state index contributed by atoms with van der Waals surface area (Å²) in [6.07, 6.45) is -3.66. The van der Waals surface area contributed by atoms with Crippen LogP contribution in [0.3, 0.4) is 0 Å². The fourth-order valence-corrected chi connectivity index (χ4v) is 3.64. The molecule has 2 aromatic heterocycles. The highest BCUT2D eigenvalue weighted by Gasteiger charge is 2.32. The molecular formula is C18H16ClF3N4OS. The van der Waals surface area contributed by atoms with Gasteiger partial charge in [0, 0.05) is 19.3 Å². The number of aromatic nitrogens is 3. The highest BCUT2D eigenvalue weighted by molar-refractivity contribution is 7.99. The molecule has 0 atom stereocenters. The molecular weight excluding hydrogens is 413 g/mol. The maximum Gasteiger partial charge on any atom is 0.417 e. The van der Waals surface area contributed by atoms with Crippen molar-refractivity contribution in [2.45, 2.75) is 24.8 Å². The van der Waals surface area contributed by atoms with E-state index in [4.69, 9.17) is 11.6 Å². The first kappa shape index (κ1) is 20.5.